The third-order valence-electron chi connectivity index (χ3n) is 2.10. The SMILES string of the molecule is [GeH3][O][Ge]1[O][Ge][O][Ge]2([O][Ge]([O][GeH3])[O][GeH2][O][Ge]([O][GeH3])[O]2)[O][Ge]([O][GeH3])[O]1. The summed E-state index contributed by atoms with van der Waals surface area (Å²) in [7, 11) is 0. The van der Waals surface area contributed by atoms with Gasteiger partial charge in [0.1, 0.15) is 0 Å². The summed E-state index contributed by atoms with van der Waals surface area (Å²) in [4.78, 5) is 0. The van der Waals surface area contributed by atoms with E-state index in [2.05, 4.69) is 0 Å². The van der Waals surface area contributed by atoms with Gasteiger partial charge in [0.15, 0.2) is 0 Å². The van der Waals surface area contributed by atoms with Gasteiger partial charge in [-0.15, -0.1) is 0 Å². The van der Waals surface area contributed by atoms with E-state index in [9.17, 15) is 0 Å². The fourth-order valence-electron chi connectivity index (χ4n) is 1.20. The summed E-state index contributed by atoms with van der Waals surface area (Å²) >= 11 is -16.9. The van der Waals surface area contributed by atoms with Gasteiger partial charge in [-0.05, 0) is 0 Å². The maximum absolute atomic E-state index is 6.05. The molecule has 0 N–H and O–H groups in total. The summed E-state index contributed by atoms with van der Waals surface area (Å²) in [6.07, 6.45) is 0. The third-order valence-corrected chi connectivity index (χ3v) is 56.8. The van der Waals surface area contributed by atoms with Gasteiger partial charge in [-0.25, -0.2) is 0 Å². The van der Waals surface area contributed by atoms with Crippen LogP contribution in [0.1, 0.15) is 0 Å². The van der Waals surface area contributed by atoms with Crippen LogP contribution in [0, 0.1) is 0 Å². The van der Waals surface area contributed by atoms with Crippen LogP contribution in [0.2, 0.25) is 0 Å². The van der Waals surface area contributed by atoms with E-state index >= 15 is 0 Å². The molecule has 0 aromatic heterocycles. The molecule has 12 nitrogen and oxygen atoms in total. The van der Waals surface area contributed by atoms with Crippen molar-refractivity contribution in [2.24, 2.45) is 0 Å². The minimum absolute atomic E-state index is 0.106. The zero-order valence-corrected chi connectivity index (χ0v) is 44.9. The van der Waals surface area contributed by atoms with E-state index in [4.69, 9.17) is 33.5 Å². The molecule has 2 heterocycles. The Bertz CT molecular complexity index is 327. The van der Waals surface area contributed by atoms with Crippen molar-refractivity contribution in [3.05, 3.63) is 0 Å². The molecule has 2 aliphatic rings. The second kappa shape index (κ2) is 13.7. The topological polar surface area (TPSA) is 111 Å². The molecule has 0 atom stereocenters. The van der Waals surface area contributed by atoms with Crippen LogP contribution in [0.4, 0.5) is 0 Å². The van der Waals surface area contributed by atoms with Crippen LogP contribution in [0.15, 0.2) is 0 Å². The molecule has 2 aliphatic heterocycles. The predicted molar refractivity (Wildman–Crippen MR) is 95.8 cm³/mol. The molecule has 0 aromatic carbocycles. The van der Waals surface area contributed by atoms with Crippen molar-refractivity contribution in [1.29, 1.82) is 0 Å². The van der Waals surface area contributed by atoms with Gasteiger partial charge in [0, 0.05) is 0 Å². The van der Waals surface area contributed by atoms with Crippen molar-refractivity contribution in [3.8, 4) is 0 Å². The van der Waals surface area contributed by atoms with Crippen LogP contribution in [0.25, 0.3) is 0 Å². The van der Waals surface area contributed by atoms with Gasteiger partial charge >= 0.3 is 209 Å². The molecule has 23 heavy (non-hydrogen) atoms. The molecule has 0 amide bonds. The molecule has 130 valence electrons. The molecule has 1 spiro atoms. The van der Waals surface area contributed by atoms with E-state index in [1.807, 2.05) is 0 Å². The number of hydrogen-bond donors (Lipinski definition) is 0. The summed E-state index contributed by atoms with van der Waals surface area (Å²) in [6, 6.07) is 0. The molecular weight excluding hydrogens is 991 g/mol. The van der Waals surface area contributed by atoms with Gasteiger partial charge in [0.05, 0.1) is 0 Å². The molecule has 0 aliphatic carbocycles. The first-order chi connectivity index (χ1) is 11.1. The second-order valence-electron chi connectivity index (χ2n) is 3.42. The van der Waals surface area contributed by atoms with Crippen LogP contribution >= 0.6 is 0 Å². The molecule has 23 heteroatoms. The van der Waals surface area contributed by atoms with Gasteiger partial charge < -0.3 is 0 Å². The predicted octanol–water partition coefficient (Wildman–Crippen LogP) is -8.76. The zero-order chi connectivity index (χ0) is 16.7. The average Bonchev–Trinajstić information content (AvgIpc) is 2.53. The Morgan fingerprint density at radius 3 is 1.83 bits per heavy atom. The summed E-state index contributed by atoms with van der Waals surface area (Å²) < 4.78 is 68.8. The van der Waals surface area contributed by atoms with Crippen molar-refractivity contribution in [3.63, 3.8) is 0 Å². The molecular formula is H14Ge11O12. The molecule has 0 unspecified atom stereocenters. The first kappa shape index (κ1) is 24.8. The quantitative estimate of drug-likeness (QED) is 0.250. The third kappa shape index (κ3) is 8.63. The Balaban J connectivity index is 2.17. The molecule has 0 aromatic rings. The van der Waals surface area contributed by atoms with E-state index in [1.54, 1.807) is 0 Å². The van der Waals surface area contributed by atoms with Crippen LogP contribution in [-0.4, -0.2) is 176 Å². The van der Waals surface area contributed by atoms with Crippen LogP contribution < -0.4 is 0 Å². The molecule has 6 radical (unpaired) electrons. The first-order valence-corrected chi connectivity index (χ1v) is 30.6. The van der Waals surface area contributed by atoms with E-state index < -0.39 is 108 Å². The summed E-state index contributed by atoms with van der Waals surface area (Å²) in [6.45, 7) is 0. The van der Waals surface area contributed by atoms with E-state index in [0.29, 0.717) is 0 Å². The average molecular weight is 1000 g/mol. The van der Waals surface area contributed by atoms with Crippen molar-refractivity contribution >= 4 is 176 Å². The van der Waals surface area contributed by atoms with Crippen LogP contribution in [0.3, 0.4) is 0 Å². The Morgan fingerprint density at radius 2 is 1.30 bits per heavy atom. The van der Waals surface area contributed by atoms with E-state index in [1.165, 1.54) is 0 Å². The van der Waals surface area contributed by atoms with Gasteiger partial charge in [-0.3, -0.25) is 0 Å². The Morgan fingerprint density at radius 1 is 0.783 bits per heavy atom. The molecule has 2 fully saturated rings. The Kier molecular flexibility index (Phi) is 14.8. The summed E-state index contributed by atoms with van der Waals surface area (Å²) in [5, 5.41) is 0. The zero-order valence-electron chi connectivity index (χ0n) is 12.6. The van der Waals surface area contributed by atoms with Crippen LogP contribution in [0.5, 0.6) is 0 Å². The fraction of sp³-hybridized carbons (Fsp3) is 0. The summed E-state index contributed by atoms with van der Waals surface area (Å²) in [5.41, 5.74) is 0. The van der Waals surface area contributed by atoms with Gasteiger partial charge in [0.2, 0.25) is 0 Å². The standard InChI is InChI=1S/Ge11H14O12/c1-12-7-18-6-19-11(23-10(15-4)20-7)21-8(13-2)16-5-17-9(14-3)22-11/h5H2,1-4H3. The van der Waals surface area contributed by atoms with Gasteiger partial charge in [-0.2, -0.15) is 0 Å². The monoisotopic (exact) mass is 1020 g/mol. The van der Waals surface area contributed by atoms with Crippen molar-refractivity contribution in [2.45, 2.75) is 0 Å². The normalized spacial score (nSPS) is 32.3. The van der Waals surface area contributed by atoms with E-state index in [0.717, 1.165) is 0 Å². The number of rotatable bonds is 4. The van der Waals surface area contributed by atoms with Gasteiger partial charge in [-0.1, -0.05) is 0 Å². The fourth-order valence-corrected chi connectivity index (χ4v) is 105. The summed E-state index contributed by atoms with van der Waals surface area (Å²) in [5.74, 6) is 0. The minimum atomic E-state index is -4.13. The molecule has 0 bridgehead atoms. The van der Waals surface area contributed by atoms with Gasteiger partial charge in [0.25, 0.3) is 0 Å². The Hall–Kier alpha value is 5.49. The number of hydrogen-bond acceptors (Lipinski definition) is 12. The molecule has 2 saturated heterocycles. The maximum atomic E-state index is 6.05. The van der Waals surface area contributed by atoms with E-state index in [-0.39, 0.29) is 67.4 Å². The second-order valence-corrected chi connectivity index (χ2v) is 55.2. The molecule has 2 rings (SSSR count). The Labute approximate surface area is 205 Å². The van der Waals surface area contributed by atoms with Crippen molar-refractivity contribution in [1.82, 2.24) is 0 Å². The van der Waals surface area contributed by atoms with Crippen molar-refractivity contribution < 1.29 is 33.5 Å². The molecule has 0 saturated carbocycles. The first-order valence-electron chi connectivity index (χ1n) is 5.88. The van der Waals surface area contributed by atoms with Crippen LogP contribution in [-0.2, 0) is 33.5 Å². The van der Waals surface area contributed by atoms with Crippen molar-refractivity contribution in [2.75, 3.05) is 0 Å².